The van der Waals surface area contributed by atoms with Crippen molar-refractivity contribution in [3.8, 4) is 11.4 Å². The average Bonchev–Trinajstić information content (AvgIpc) is 3.28. The number of nitrogens with zero attached hydrogens (tertiary/aromatic N) is 2. The van der Waals surface area contributed by atoms with Gasteiger partial charge in [0.2, 0.25) is 0 Å². The highest BCUT2D eigenvalue weighted by Gasteiger charge is 2.19. The molecule has 0 aliphatic rings. The van der Waals surface area contributed by atoms with E-state index in [1.165, 1.54) is 24.7 Å². The summed E-state index contributed by atoms with van der Waals surface area (Å²) >= 11 is 0. The van der Waals surface area contributed by atoms with Crippen molar-refractivity contribution in [2.45, 2.75) is 18.7 Å². The summed E-state index contributed by atoms with van der Waals surface area (Å²) < 4.78 is 28.4. The van der Waals surface area contributed by atoms with Gasteiger partial charge in [-0.2, -0.15) is 0 Å². The zero-order valence-electron chi connectivity index (χ0n) is 17.5. The Balaban J connectivity index is 1.53. The fraction of sp³-hybridized carbons (Fsp3) is 0.0870. The molecule has 0 spiro atoms. The van der Waals surface area contributed by atoms with Gasteiger partial charge in [-0.05, 0) is 31.0 Å². The van der Waals surface area contributed by atoms with Gasteiger partial charge in [0, 0.05) is 11.8 Å². The molecule has 162 valence electrons. The van der Waals surface area contributed by atoms with Crippen LogP contribution in [0.2, 0.25) is 0 Å². The van der Waals surface area contributed by atoms with Gasteiger partial charge in [-0.1, -0.05) is 48.5 Å². The molecule has 3 N–H and O–H groups in total. The van der Waals surface area contributed by atoms with Crippen LogP contribution in [0.3, 0.4) is 0 Å². The lowest BCUT2D eigenvalue weighted by molar-refractivity contribution is 0.102. The molecule has 32 heavy (non-hydrogen) atoms. The summed E-state index contributed by atoms with van der Waals surface area (Å²) in [6.45, 7) is 3.65. The van der Waals surface area contributed by atoms with Crippen molar-refractivity contribution < 1.29 is 13.2 Å². The molecule has 4 rings (SSSR count). The topological polar surface area (TPSA) is 117 Å². The second-order valence-electron chi connectivity index (χ2n) is 7.25. The van der Waals surface area contributed by atoms with Crippen LogP contribution < -0.4 is 10.0 Å². The van der Waals surface area contributed by atoms with Crippen LogP contribution in [0, 0.1) is 13.8 Å². The first kappa shape index (κ1) is 21.3. The maximum Gasteiger partial charge on any atom is 0.273 e. The number of hydrogen-bond acceptors (Lipinski definition) is 5. The number of para-hydroxylation sites is 1. The number of carbonyl (C=O) groups is 1. The number of aromatic amines is 1. The first-order valence-corrected chi connectivity index (χ1v) is 11.3. The van der Waals surface area contributed by atoms with E-state index in [2.05, 4.69) is 25.0 Å². The lowest BCUT2D eigenvalue weighted by Crippen LogP contribution is -2.16. The fourth-order valence-electron chi connectivity index (χ4n) is 3.18. The van der Waals surface area contributed by atoms with Crippen molar-refractivity contribution in [1.29, 1.82) is 0 Å². The molecular weight excluding hydrogens is 426 g/mol. The number of imidazole rings is 1. The molecule has 2 heterocycles. The number of amides is 1. The van der Waals surface area contributed by atoms with Crippen molar-refractivity contribution >= 4 is 27.3 Å². The normalized spacial score (nSPS) is 11.2. The molecule has 0 bridgehead atoms. The largest absolute Gasteiger partial charge is 0.334 e. The van der Waals surface area contributed by atoms with E-state index < -0.39 is 15.9 Å². The second-order valence-corrected chi connectivity index (χ2v) is 8.93. The van der Waals surface area contributed by atoms with E-state index >= 15 is 0 Å². The van der Waals surface area contributed by atoms with Crippen LogP contribution in [0.25, 0.3) is 11.4 Å². The van der Waals surface area contributed by atoms with E-state index in [1.54, 1.807) is 0 Å². The molecular formula is C23H21N5O3S. The number of aryl methyl sites for hydroxylation is 2. The zero-order chi connectivity index (χ0) is 22.7. The zero-order valence-corrected chi connectivity index (χ0v) is 18.3. The number of H-pyrrole nitrogens is 1. The first-order chi connectivity index (χ1) is 15.3. The predicted octanol–water partition coefficient (Wildman–Crippen LogP) is 4.14. The van der Waals surface area contributed by atoms with Gasteiger partial charge in [0.1, 0.15) is 16.4 Å². The molecule has 0 radical (unpaired) electrons. The second kappa shape index (κ2) is 8.64. The number of pyridine rings is 1. The van der Waals surface area contributed by atoms with Crippen molar-refractivity contribution in [2.75, 3.05) is 10.0 Å². The highest BCUT2D eigenvalue weighted by Crippen LogP contribution is 2.24. The standard InChI is InChI=1S/C23H21N5O3S/c1-15-7-6-8-16(2)21(15)28-32(30,31)19-11-18(12-24-13-19)26-23(29)20-14-25-22(27-20)17-9-4-3-5-10-17/h3-14,28H,1-2H3,(H,25,27)(H,26,29). The average molecular weight is 448 g/mol. The summed E-state index contributed by atoms with van der Waals surface area (Å²) in [6, 6.07) is 16.3. The van der Waals surface area contributed by atoms with Crippen molar-refractivity contribution in [2.24, 2.45) is 0 Å². The molecule has 0 aliphatic carbocycles. The number of sulfonamides is 1. The summed E-state index contributed by atoms with van der Waals surface area (Å²) in [5.74, 6) is 0.0988. The SMILES string of the molecule is Cc1cccc(C)c1NS(=O)(=O)c1cncc(NC(=O)c2cnc(-c3ccccc3)[nH]2)c1. The van der Waals surface area contributed by atoms with Gasteiger partial charge in [0.05, 0.1) is 23.8 Å². The molecule has 0 saturated heterocycles. The molecule has 2 aromatic carbocycles. The quantitative estimate of drug-likeness (QED) is 0.411. The fourth-order valence-corrected chi connectivity index (χ4v) is 4.37. The predicted molar refractivity (Wildman–Crippen MR) is 123 cm³/mol. The molecule has 0 unspecified atom stereocenters. The number of hydrogen-bond donors (Lipinski definition) is 3. The lowest BCUT2D eigenvalue weighted by atomic mass is 10.1. The number of rotatable bonds is 6. The Hall–Kier alpha value is -3.98. The molecule has 2 aromatic heterocycles. The monoisotopic (exact) mass is 447 g/mol. The molecule has 9 heteroatoms. The maximum absolute atomic E-state index is 12.9. The van der Waals surface area contributed by atoms with Crippen molar-refractivity contribution in [1.82, 2.24) is 15.0 Å². The molecule has 0 fully saturated rings. The minimum Gasteiger partial charge on any atom is -0.334 e. The lowest BCUT2D eigenvalue weighted by Gasteiger charge is -2.13. The third kappa shape index (κ3) is 4.52. The van der Waals surface area contributed by atoms with Gasteiger partial charge < -0.3 is 10.3 Å². The van der Waals surface area contributed by atoms with Gasteiger partial charge in [-0.15, -0.1) is 0 Å². The van der Waals surface area contributed by atoms with Crippen LogP contribution >= 0.6 is 0 Å². The third-order valence-corrected chi connectivity index (χ3v) is 6.18. The molecule has 1 amide bonds. The minimum atomic E-state index is -3.90. The third-order valence-electron chi connectivity index (χ3n) is 4.87. The summed E-state index contributed by atoms with van der Waals surface area (Å²) in [7, 11) is -3.90. The summed E-state index contributed by atoms with van der Waals surface area (Å²) in [5, 5.41) is 2.66. The van der Waals surface area contributed by atoms with E-state index in [1.807, 2.05) is 62.4 Å². The number of anilines is 2. The van der Waals surface area contributed by atoms with E-state index in [0.29, 0.717) is 11.5 Å². The van der Waals surface area contributed by atoms with E-state index in [0.717, 1.165) is 16.7 Å². The Morgan fingerprint density at radius 2 is 1.66 bits per heavy atom. The van der Waals surface area contributed by atoms with Gasteiger partial charge in [-0.25, -0.2) is 13.4 Å². The van der Waals surface area contributed by atoms with E-state index in [9.17, 15) is 13.2 Å². The molecule has 0 aliphatic heterocycles. The van der Waals surface area contributed by atoms with E-state index in [4.69, 9.17) is 0 Å². The smallest absolute Gasteiger partial charge is 0.273 e. The number of nitrogens with one attached hydrogen (secondary N) is 3. The van der Waals surface area contributed by atoms with Crippen molar-refractivity contribution in [3.05, 3.63) is 90.0 Å². The highest BCUT2D eigenvalue weighted by molar-refractivity contribution is 7.92. The Morgan fingerprint density at radius 3 is 2.38 bits per heavy atom. The van der Waals surface area contributed by atoms with Crippen molar-refractivity contribution in [3.63, 3.8) is 0 Å². The molecule has 0 atom stereocenters. The molecule has 8 nitrogen and oxygen atoms in total. The molecule has 4 aromatic rings. The van der Waals surface area contributed by atoms with E-state index in [-0.39, 0.29) is 16.3 Å². The Labute approximate surface area is 185 Å². The highest BCUT2D eigenvalue weighted by atomic mass is 32.2. The number of aromatic nitrogens is 3. The van der Waals surface area contributed by atoms with Gasteiger partial charge in [0.25, 0.3) is 15.9 Å². The molecule has 0 saturated carbocycles. The van der Waals surface area contributed by atoms with Gasteiger partial charge in [-0.3, -0.25) is 14.5 Å². The Morgan fingerprint density at radius 1 is 0.938 bits per heavy atom. The van der Waals surface area contributed by atoms with Crippen LogP contribution in [0.1, 0.15) is 21.6 Å². The van der Waals surface area contributed by atoms with Crippen LogP contribution in [-0.2, 0) is 10.0 Å². The first-order valence-electron chi connectivity index (χ1n) is 9.79. The van der Waals surface area contributed by atoms with Crippen LogP contribution in [0.5, 0.6) is 0 Å². The summed E-state index contributed by atoms with van der Waals surface area (Å²) in [4.78, 5) is 23.7. The summed E-state index contributed by atoms with van der Waals surface area (Å²) in [5.41, 5.74) is 3.46. The number of benzene rings is 2. The number of carbonyl (C=O) groups excluding carboxylic acids is 1. The summed E-state index contributed by atoms with van der Waals surface area (Å²) in [6.07, 6.45) is 4.04. The van der Waals surface area contributed by atoms with Crippen LogP contribution in [0.15, 0.2) is 78.1 Å². The van der Waals surface area contributed by atoms with Gasteiger partial charge in [0.15, 0.2) is 0 Å². The Kier molecular flexibility index (Phi) is 5.74. The Bertz CT molecular complexity index is 1360. The van der Waals surface area contributed by atoms with Crippen LogP contribution in [-0.4, -0.2) is 29.3 Å². The maximum atomic E-state index is 12.9. The van der Waals surface area contributed by atoms with Crippen LogP contribution in [0.4, 0.5) is 11.4 Å². The minimum absolute atomic E-state index is 0.0625. The van der Waals surface area contributed by atoms with Gasteiger partial charge >= 0.3 is 0 Å².